The Bertz CT molecular complexity index is 563. The van der Waals surface area contributed by atoms with Gasteiger partial charge in [-0.1, -0.05) is 25.2 Å². The molecule has 0 radical (unpaired) electrons. The minimum absolute atomic E-state index is 0.0853. The molecule has 1 aliphatic heterocycles. The van der Waals surface area contributed by atoms with Crippen LogP contribution < -0.4 is 10.2 Å². The van der Waals surface area contributed by atoms with Crippen LogP contribution in [-0.4, -0.2) is 33.8 Å². The van der Waals surface area contributed by atoms with E-state index in [2.05, 4.69) is 10.3 Å². The smallest absolute Gasteiger partial charge is 0.304 e. The first kappa shape index (κ1) is 14.8. The van der Waals surface area contributed by atoms with Gasteiger partial charge < -0.3 is 15.2 Å². The van der Waals surface area contributed by atoms with Gasteiger partial charge >= 0.3 is 4.87 Å². The SMILES string of the molecule is CC(C)CC1NC(=O)C(C)N(Cc2csc(=O)[nH]2)C1=O. The number of amides is 2. The lowest BCUT2D eigenvalue weighted by atomic mass is 9.99. The van der Waals surface area contributed by atoms with Crippen LogP contribution in [-0.2, 0) is 16.1 Å². The van der Waals surface area contributed by atoms with Crippen molar-refractivity contribution in [2.45, 2.75) is 45.8 Å². The molecular weight excluding hydrogens is 278 g/mol. The van der Waals surface area contributed by atoms with Crippen LogP contribution in [0.5, 0.6) is 0 Å². The maximum Gasteiger partial charge on any atom is 0.304 e. The number of aromatic amines is 1. The fourth-order valence-electron chi connectivity index (χ4n) is 2.31. The number of carbonyl (C=O) groups is 2. The van der Waals surface area contributed by atoms with E-state index in [1.165, 1.54) is 4.90 Å². The Morgan fingerprint density at radius 1 is 1.35 bits per heavy atom. The molecule has 0 aromatic carbocycles. The predicted molar refractivity (Wildman–Crippen MR) is 76.3 cm³/mol. The fraction of sp³-hybridized carbons (Fsp3) is 0.615. The molecule has 1 fully saturated rings. The van der Waals surface area contributed by atoms with Gasteiger partial charge in [0.05, 0.1) is 6.54 Å². The topological polar surface area (TPSA) is 82.3 Å². The lowest BCUT2D eigenvalue weighted by molar-refractivity contribution is -0.149. The molecule has 1 saturated heterocycles. The minimum atomic E-state index is -0.519. The second-order valence-electron chi connectivity index (χ2n) is 5.51. The Balaban J connectivity index is 2.17. The van der Waals surface area contributed by atoms with Gasteiger partial charge in [0.25, 0.3) is 0 Å². The van der Waals surface area contributed by atoms with Gasteiger partial charge in [0, 0.05) is 11.1 Å². The standard InChI is InChI=1S/C13H19N3O3S/c1-7(2)4-10-12(18)16(8(3)11(17)15-10)5-9-6-20-13(19)14-9/h6-8,10H,4-5H2,1-3H3,(H,14,19)(H,15,17). The van der Waals surface area contributed by atoms with E-state index in [4.69, 9.17) is 0 Å². The van der Waals surface area contributed by atoms with Crippen molar-refractivity contribution in [1.82, 2.24) is 15.2 Å². The van der Waals surface area contributed by atoms with Gasteiger partial charge in [0.1, 0.15) is 12.1 Å². The highest BCUT2D eigenvalue weighted by Crippen LogP contribution is 2.17. The van der Waals surface area contributed by atoms with E-state index in [0.717, 1.165) is 11.3 Å². The van der Waals surface area contributed by atoms with Crippen LogP contribution in [0, 0.1) is 5.92 Å². The minimum Gasteiger partial charge on any atom is -0.343 e. The van der Waals surface area contributed by atoms with Crippen LogP contribution in [0.2, 0.25) is 0 Å². The lowest BCUT2D eigenvalue weighted by Crippen LogP contribution is -2.62. The van der Waals surface area contributed by atoms with Gasteiger partial charge in [0.2, 0.25) is 11.8 Å². The number of H-pyrrole nitrogens is 1. The lowest BCUT2D eigenvalue weighted by Gasteiger charge is -2.37. The summed E-state index contributed by atoms with van der Waals surface area (Å²) >= 11 is 1.06. The Hall–Kier alpha value is -1.63. The molecule has 1 aromatic heterocycles. The maximum atomic E-state index is 12.5. The van der Waals surface area contributed by atoms with Gasteiger partial charge in [-0.2, -0.15) is 0 Å². The molecule has 0 saturated carbocycles. The number of hydrogen-bond donors (Lipinski definition) is 2. The molecule has 2 atom stereocenters. The molecule has 2 N–H and O–H groups in total. The summed E-state index contributed by atoms with van der Waals surface area (Å²) in [6, 6.07) is -0.988. The zero-order valence-corrected chi connectivity index (χ0v) is 12.6. The third kappa shape index (κ3) is 3.09. The fourth-order valence-corrected chi connectivity index (χ4v) is 2.88. The summed E-state index contributed by atoms with van der Waals surface area (Å²) in [6.07, 6.45) is 0.619. The van der Waals surface area contributed by atoms with Crippen molar-refractivity contribution >= 4 is 23.2 Å². The zero-order chi connectivity index (χ0) is 14.9. The zero-order valence-electron chi connectivity index (χ0n) is 11.8. The van der Waals surface area contributed by atoms with Crippen molar-refractivity contribution in [2.24, 2.45) is 5.92 Å². The van der Waals surface area contributed by atoms with E-state index in [-0.39, 0.29) is 23.2 Å². The first-order valence-corrected chi connectivity index (χ1v) is 7.54. The molecule has 110 valence electrons. The van der Waals surface area contributed by atoms with Crippen molar-refractivity contribution in [3.8, 4) is 0 Å². The molecule has 0 bridgehead atoms. The number of aromatic nitrogens is 1. The molecule has 6 nitrogen and oxygen atoms in total. The largest absolute Gasteiger partial charge is 0.343 e. The summed E-state index contributed by atoms with van der Waals surface area (Å²) in [7, 11) is 0. The van der Waals surface area contributed by atoms with Crippen LogP contribution in [0.25, 0.3) is 0 Å². The van der Waals surface area contributed by atoms with Gasteiger partial charge in [0.15, 0.2) is 0 Å². The predicted octanol–water partition coefficient (Wildman–Crippen LogP) is 0.698. The van der Waals surface area contributed by atoms with Gasteiger partial charge in [-0.15, -0.1) is 0 Å². The third-order valence-electron chi connectivity index (χ3n) is 3.36. The molecule has 1 aliphatic rings. The van der Waals surface area contributed by atoms with E-state index < -0.39 is 12.1 Å². The van der Waals surface area contributed by atoms with Crippen LogP contribution >= 0.6 is 11.3 Å². The van der Waals surface area contributed by atoms with Crippen molar-refractivity contribution < 1.29 is 9.59 Å². The number of rotatable bonds is 4. The van der Waals surface area contributed by atoms with Crippen LogP contribution in [0.15, 0.2) is 10.2 Å². The highest BCUT2D eigenvalue weighted by Gasteiger charge is 2.38. The molecule has 0 spiro atoms. The van der Waals surface area contributed by atoms with Gasteiger partial charge in [-0.25, -0.2) is 0 Å². The average Bonchev–Trinajstić information content (AvgIpc) is 2.77. The van der Waals surface area contributed by atoms with Crippen molar-refractivity contribution in [3.05, 3.63) is 20.7 Å². The second kappa shape index (κ2) is 5.78. The molecule has 20 heavy (non-hydrogen) atoms. The first-order valence-electron chi connectivity index (χ1n) is 6.66. The molecule has 7 heteroatoms. The monoisotopic (exact) mass is 297 g/mol. The average molecular weight is 297 g/mol. The summed E-state index contributed by atoms with van der Waals surface area (Å²) in [4.78, 5) is 39.6. The highest BCUT2D eigenvalue weighted by atomic mass is 32.1. The van der Waals surface area contributed by atoms with E-state index in [9.17, 15) is 14.4 Å². The van der Waals surface area contributed by atoms with E-state index in [1.54, 1.807) is 12.3 Å². The number of piperazine rings is 1. The van der Waals surface area contributed by atoms with Crippen LogP contribution in [0.1, 0.15) is 32.9 Å². The van der Waals surface area contributed by atoms with Crippen molar-refractivity contribution in [1.29, 1.82) is 0 Å². The summed E-state index contributed by atoms with van der Waals surface area (Å²) in [5, 5.41) is 4.46. The van der Waals surface area contributed by atoms with E-state index in [1.807, 2.05) is 13.8 Å². The van der Waals surface area contributed by atoms with Crippen molar-refractivity contribution in [3.63, 3.8) is 0 Å². The second-order valence-corrected chi connectivity index (χ2v) is 6.35. The van der Waals surface area contributed by atoms with Crippen molar-refractivity contribution in [2.75, 3.05) is 0 Å². The summed E-state index contributed by atoms with van der Waals surface area (Å²) in [5.74, 6) is 0.0890. The molecule has 2 unspecified atom stereocenters. The van der Waals surface area contributed by atoms with E-state index in [0.29, 0.717) is 18.0 Å². The number of hydrogen-bond acceptors (Lipinski definition) is 4. The number of carbonyl (C=O) groups excluding carboxylic acids is 2. The summed E-state index contributed by atoms with van der Waals surface area (Å²) in [6.45, 7) is 5.99. The molecule has 2 rings (SSSR count). The van der Waals surface area contributed by atoms with E-state index >= 15 is 0 Å². The van der Waals surface area contributed by atoms with Gasteiger partial charge in [-0.05, 0) is 19.3 Å². The quantitative estimate of drug-likeness (QED) is 0.858. The molecule has 1 aromatic rings. The first-order chi connectivity index (χ1) is 9.38. The summed E-state index contributed by atoms with van der Waals surface area (Å²) in [5.41, 5.74) is 0.665. The highest BCUT2D eigenvalue weighted by molar-refractivity contribution is 7.07. The van der Waals surface area contributed by atoms with Gasteiger partial charge in [-0.3, -0.25) is 14.4 Å². The third-order valence-corrected chi connectivity index (χ3v) is 4.08. The molecule has 2 amide bonds. The normalized spacial score (nSPS) is 23.3. The Morgan fingerprint density at radius 2 is 2.05 bits per heavy atom. The molecule has 0 aliphatic carbocycles. The number of nitrogens with zero attached hydrogens (tertiary/aromatic N) is 1. The van der Waals surface area contributed by atoms with Crippen LogP contribution in [0.3, 0.4) is 0 Å². The Labute approximate surface area is 121 Å². The molecule has 2 heterocycles. The Morgan fingerprint density at radius 3 is 2.60 bits per heavy atom. The molecular formula is C13H19N3O3S. The Kier molecular flexibility index (Phi) is 4.27. The van der Waals surface area contributed by atoms with Crippen LogP contribution in [0.4, 0.5) is 0 Å². The number of nitrogens with one attached hydrogen (secondary N) is 2. The number of thiazole rings is 1. The summed E-state index contributed by atoms with van der Waals surface area (Å²) < 4.78 is 0. The maximum absolute atomic E-state index is 12.5.